The van der Waals surface area contributed by atoms with E-state index in [0.717, 1.165) is 42.7 Å². The molecule has 2 heterocycles. The van der Waals surface area contributed by atoms with E-state index in [0.29, 0.717) is 5.39 Å². The van der Waals surface area contributed by atoms with Crippen LogP contribution in [-0.2, 0) is 17.9 Å². The Bertz CT molecular complexity index is 1090. The van der Waals surface area contributed by atoms with Crippen LogP contribution in [0.3, 0.4) is 0 Å². The molecule has 4 rings (SSSR count). The molecule has 0 unspecified atom stereocenters. The van der Waals surface area contributed by atoms with Crippen molar-refractivity contribution in [3.63, 3.8) is 0 Å². The van der Waals surface area contributed by atoms with E-state index in [1.807, 2.05) is 18.2 Å². The van der Waals surface area contributed by atoms with Crippen LogP contribution in [0.15, 0.2) is 53.3 Å². The minimum Gasteiger partial charge on any atom is -0.355 e. The summed E-state index contributed by atoms with van der Waals surface area (Å²) in [5.74, 6) is 0.127. The molecule has 1 fully saturated rings. The summed E-state index contributed by atoms with van der Waals surface area (Å²) in [6.45, 7) is 1.89. The van der Waals surface area contributed by atoms with Gasteiger partial charge in [-0.25, -0.2) is 9.07 Å². The van der Waals surface area contributed by atoms with Crippen molar-refractivity contribution in [3.05, 3.63) is 70.3 Å². The van der Waals surface area contributed by atoms with Gasteiger partial charge in [-0.05, 0) is 36.6 Å². The number of amides is 1. The van der Waals surface area contributed by atoms with Crippen LogP contribution >= 0.6 is 0 Å². The molecule has 1 aliphatic rings. The average Bonchev–Trinajstić information content (AvgIpc) is 3.05. The van der Waals surface area contributed by atoms with Crippen LogP contribution in [0.5, 0.6) is 0 Å². The smallest absolute Gasteiger partial charge is 0.275 e. The van der Waals surface area contributed by atoms with E-state index in [4.69, 9.17) is 0 Å². The zero-order valence-corrected chi connectivity index (χ0v) is 16.8. The fourth-order valence-electron chi connectivity index (χ4n) is 3.84. The van der Waals surface area contributed by atoms with Gasteiger partial charge in [-0.3, -0.25) is 9.59 Å². The number of benzene rings is 2. The number of nitrogens with one attached hydrogen (secondary N) is 1. The van der Waals surface area contributed by atoms with Crippen molar-refractivity contribution in [3.8, 4) is 0 Å². The Hall–Kier alpha value is -3.22. The number of carbonyl (C=O) groups is 1. The predicted molar refractivity (Wildman–Crippen MR) is 115 cm³/mol. The van der Waals surface area contributed by atoms with Gasteiger partial charge in [-0.1, -0.05) is 43.2 Å². The number of nitrogens with zero attached hydrogens (tertiary/aromatic N) is 3. The third kappa shape index (κ3) is 4.50. The molecule has 0 bridgehead atoms. The molecule has 0 radical (unpaired) electrons. The molecule has 156 valence electrons. The SMILES string of the molecule is O=C(Cn1nc(N2CCCCCC2)c2ccccc2c1=O)NCc1ccc(F)cc1. The van der Waals surface area contributed by atoms with E-state index >= 15 is 0 Å². The van der Waals surface area contributed by atoms with Crippen LogP contribution in [0.1, 0.15) is 31.2 Å². The first-order chi connectivity index (χ1) is 14.6. The lowest BCUT2D eigenvalue weighted by Crippen LogP contribution is -2.35. The van der Waals surface area contributed by atoms with Crippen LogP contribution in [0.4, 0.5) is 10.2 Å². The molecule has 2 aromatic carbocycles. The highest BCUT2D eigenvalue weighted by molar-refractivity contribution is 5.91. The standard InChI is InChI=1S/C23H25FN4O2/c24-18-11-9-17(10-12-18)15-25-21(29)16-28-23(30)20-8-4-3-7-19(20)22(26-28)27-13-5-1-2-6-14-27/h3-4,7-12H,1-2,5-6,13-16H2,(H,25,29). The lowest BCUT2D eigenvalue weighted by molar-refractivity contribution is -0.122. The van der Waals surface area contributed by atoms with Gasteiger partial charge in [0.05, 0.1) is 5.39 Å². The van der Waals surface area contributed by atoms with E-state index in [1.165, 1.54) is 29.7 Å². The topological polar surface area (TPSA) is 67.2 Å². The predicted octanol–water partition coefficient (Wildman–Crippen LogP) is 3.23. The molecule has 0 spiro atoms. The minimum atomic E-state index is -0.321. The van der Waals surface area contributed by atoms with Crippen LogP contribution in [-0.4, -0.2) is 28.8 Å². The van der Waals surface area contributed by atoms with Crippen LogP contribution < -0.4 is 15.8 Å². The molecule has 0 aliphatic carbocycles. The summed E-state index contributed by atoms with van der Waals surface area (Å²) in [5, 5.41) is 8.76. The number of halogens is 1. The quantitative estimate of drug-likeness (QED) is 0.704. The normalized spacial score (nSPS) is 14.5. The van der Waals surface area contributed by atoms with Crippen molar-refractivity contribution in [2.24, 2.45) is 0 Å². The summed E-state index contributed by atoms with van der Waals surface area (Å²) in [4.78, 5) is 27.6. The van der Waals surface area contributed by atoms with E-state index in [-0.39, 0.29) is 30.4 Å². The Kier molecular flexibility index (Phi) is 6.07. The summed E-state index contributed by atoms with van der Waals surface area (Å²) in [6.07, 6.45) is 4.57. The zero-order chi connectivity index (χ0) is 20.9. The van der Waals surface area contributed by atoms with Gasteiger partial charge >= 0.3 is 0 Å². The minimum absolute atomic E-state index is 0.161. The molecule has 1 aliphatic heterocycles. The lowest BCUT2D eigenvalue weighted by Gasteiger charge is -2.23. The number of rotatable bonds is 5. The van der Waals surface area contributed by atoms with Gasteiger partial charge in [0.2, 0.25) is 5.91 Å². The van der Waals surface area contributed by atoms with Gasteiger partial charge in [0.1, 0.15) is 12.4 Å². The first-order valence-corrected chi connectivity index (χ1v) is 10.4. The molecule has 1 aromatic heterocycles. The second-order valence-electron chi connectivity index (χ2n) is 7.64. The number of carbonyl (C=O) groups excluding carboxylic acids is 1. The summed E-state index contributed by atoms with van der Waals surface area (Å²) < 4.78 is 14.3. The molecule has 1 N–H and O–H groups in total. The molecule has 1 saturated heterocycles. The van der Waals surface area contributed by atoms with Crippen molar-refractivity contribution in [2.75, 3.05) is 18.0 Å². The number of fused-ring (bicyclic) bond motifs is 1. The fourth-order valence-corrected chi connectivity index (χ4v) is 3.84. The Morgan fingerprint density at radius 1 is 0.967 bits per heavy atom. The Balaban J connectivity index is 1.58. The van der Waals surface area contributed by atoms with Gasteiger partial charge in [0, 0.05) is 25.0 Å². The van der Waals surface area contributed by atoms with Crippen LogP contribution in [0.2, 0.25) is 0 Å². The number of anilines is 1. The second-order valence-corrected chi connectivity index (χ2v) is 7.64. The first-order valence-electron chi connectivity index (χ1n) is 10.4. The largest absolute Gasteiger partial charge is 0.355 e. The van der Waals surface area contributed by atoms with Crippen molar-refractivity contribution in [1.29, 1.82) is 0 Å². The molecule has 3 aromatic rings. The molecule has 6 nitrogen and oxygen atoms in total. The summed E-state index contributed by atoms with van der Waals surface area (Å²) >= 11 is 0. The van der Waals surface area contributed by atoms with Crippen LogP contribution in [0, 0.1) is 5.82 Å². The van der Waals surface area contributed by atoms with E-state index in [9.17, 15) is 14.0 Å². The van der Waals surface area contributed by atoms with Crippen molar-refractivity contribution < 1.29 is 9.18 Å². The fraction of sp³-hybridized carbons (Fsp3) is 0.348. The Labute approximate surface area is 174 Å². The highest BCUT2D eigenvalue weighted by Crippen LogP contribution is 2.24. The molecular weight excluding hydrogens is 383 g/mol. The van der Waals surface area contributed by atoms with Crippen LogP contribution in [0.25, 0.3) is 10.8 Å². The zero-order valence-electron chi connectivity index (χ0n) is 16.8. The van der Waals surface area contributed by atoms with Gasteiger partial charge < -0.3 is 10.2 Å². The van der Waals surface area contributed by atoms with Crippen molar-refractivity contribution >= 4 is 22.5 Å². The number of aromatic nitrogens is 2. The Morgan fingerprint density at radius 3 is 2.33 bits per heavy atom. The Morgan fingerprint density at radius 2 is 1.63 bits per heavy atom. The van der Waals surface area contributed by atoms with E-state index in [1.54, 1.807) is 18.2 Å². The summed E-state index contributed by atoms with van der Waals surface area (Å²) in [7, 11) is 0. The summed E-state index contributed by atoms with van der Waals surface area (Å²) in [6, 6.07) is 13.4. The van der Waals surface area contributed by atoms with E-state index < -0.39 is 0 Å². The third-order valence-electron chi connectivity index (χ3n) is 5.45. The highest BCUT2D eigenvalue weighted by atomic mass is 19.1. The third-order valence-corrected chi connectivity index (χ3v) is 5.45. The molecule has 7 heteroatoms. The number of hydrogen-bond donors (Lipinski definition) is 1. The van der Waals surface area contributed by atoms with Gasteiger partial charge in [0.15, 0.2) is 5.82 Å². The number of hydrogen-bond acceptors (Lipinski definition) is 4. The molecule has 30 heavy (non-hydrogen) atoms. The second kappa shape index (κ2) is 9.07. The van der Waals surface area contributed by atoms with E-state index in [2.05, 4.69) is 15.3 Å². The highest BCUT2D eigenvalue weighted by Gasteiger charge is 2.18. The summed E-state index contributed by atoms with van der Waals surface area (Å²) in [5.41, 5.74) is 0.509. The molecule has 0 saturated carbocycles. The van der Waals surface area contributed by atoms with Gasteiger partial charge in [0.25, 0.3) is 5.56 Å². The first kappa shape index (κ1) is 20.1. The van der Waals surface area contributed by atoms with Gasteiger partial charge in [-0.2, -0.15) is 5.10 Å². The maximum absolute atomic E-state index is 13.0. The van der Waals surface area contributed by atoms with Gasteiger partial charge in [-0.15, -0.1) is 0 Å². The van der Waals surface area contributed by atoms with Crippen molar-refractivity contribution in [1.82, 2.24) is 15.1 Å². The maximum Gasteiger partial charge on any atom is 0.275 e. The van der Waals surface area contributed by atoms with Crippen molar-refractivity contribution in [2.45, 2.75) is 38.8 Å². The molecule has 0 atom stereocenters. The molecular formula is C23H25FN4O2. The lowest BCUT2D eigenvalue weighted by atomic mass is 10.1. The average molecular weight is 408 g/mol. The molecule has 1 amide bonds. The maximum atomic E-state index is 13.0. The monoisotopic (exact) mass is 408 g/mol.